The standard InChI is InChI=1S/C24H27N5O3/c1-3-32-21-7-5-4-6-20(21)25-24(31)28-16-14-27(15-17-28)22-12-13-23(30)29(26-22)19-10-8-18(2)9-11-19/h4-13H,3,14-17H2,1-2H3,(H,25,31). The zero-order chi connectivity index (χ0) is 22.5. The summed E-state index contributed by atoms with van der Waals surface area (Å²) in [5.74, 6) is 1.37. The van der Waals surface area contributed by atoms with Crippen LogP contribution in [0.2, 0.25) is 0 Å². The van der Waals surface area contributed by atoms with E-state index in [1.165, 1.54) is 10.7 Å². The van der Waals surface area contributed by atoms with Gasteiger partial charge in [0.05, 0.1) is 18.0 Å². The number of para-hydroxylation sites is 2. The lowest BCUT2D eigenvalue weighted by Gasteiger charge is -2.35. The average Bonchev–Trinajstić information content (AvgIpc) is 2.82. The number of piperazine rings is 1. The van der Waals surface area contributed by atoms with Crippen LogP contribution in [0.4, 0.5) is 16.3 Å². The fourth-order valence-electron chi connectivity index (χ4n) is 3.63. The molecule has 1 aliphatic heterocycles. The van der Waals surface area contributed by atoms with Crippen LogP contribution in [0.15, 0.2) is 65.5 Å². The Morgan fingerprint density at radius 2 is 1.72 bits per heavy atom. The molecule has 1 saturated heterocycles. The molecule has 1 fully saturated rings. The Morgan fingerprint density at radius 3 is 2.44 bits per heavy atom. The molecule has 0 saturated carbocycles. The Hall–Kier alpha value is -3.81. The number of nitrogens with zero attached hydrogens (tertiary/aromatic N) is 4. The fraction of sp³-hybridized carbons (Fsp3) is 0.292. The molecule has 2 heterocycles. The van der Waals surface area contributed by atoms with E-state index in [4.69, 9.17) is 4.74 Å². The molecule has 0 unspecified atom stereocenters. The van der Waals surface area contributed by atoms with Gasteiger partial charge in [-0.1, -0.05) is 29.8 Å². The lowest BCUT2D eigenvalue weighted by molar-refractivity contribution is 0.208. The molecular formula is C24H27N5O3. The first-order valence-corrected chi connectivity index (χ1v) is 10.8. The molecule has 2 aromatic carbocycles. The van der Waals surface area contributed by atoms with E-state index >= 15 is 0 Å². The normalized spacial score (nSPS) is 13.7. The van der Waals surface area contributed by atoms with E-state index in [9.17, 15) is 9.59 Å². The summed E-state index contributed by atoms with van der Waals surface area (Å²) in [5, 5.41) is 7.50. The number of nitrogens with one attached hydrogen (secondary N) is 1. The predicted molar refractivity (Wildman–Crippen MR) is 125 cm³/mol. The van der Waals surface area contributed by atoms with Gasteiger partial charge >= 0.3 is 6.03 Å². The van der Waals surface area contributed by atoms with Crippen molar-refractivity contribution in [3.05, 3.63) is 76.6 Å². The quantitative estimate of drug-likeness (QED) is 0.668. The molecule has 8 nitrogen and oxygen atoms in total. The molecule has 1 N–H and O–H groups in total. The second-order valence-corrected chi connectivity index (χ2v) is 7.61. The van der Waals surface area contributed by atoms with Gasteiger partial charge in [0.25, 0.3) is 5.56 Å². The molecule has 0 bridgehead atoms. The maximum absolute atomic E-state index is 12.8. The van der Waals surface area contributed by atoms with Gasteiger partial charge in [0, 0.05) is 32.2 Å². The summed E-state index contributed by atoms with van der Waals surface area (Å²) in [4.78, 5) is 29.0. The Bertz CT molecular complexity index is 1130. The first-order chi connectivity index (χ1) is 15.5. The van der Waals surface area contributed by atoms with Gasteiger partial charge in [-0.05, 0) is 44.2 Å². The second kappa shape index (κ2) is 9.55. The van der Waals surface area contributed by atoms with Crippen molar-refractivity contribution < 1.29 is 9.53 Å². The minimum Gasteiger partial charge on any atom is -0.492 e. The van der Waals surface area contributed by atoms with Crippen LogP contribution in [-0.2, 0) is 0 Å². The highest BCUT2D eigenvalue weighted by Crippen LogP contribution is 2.24. The Morgan fingerprint density at radius 1 is 1.00 bits per heavy atom. The second-order valence-electron chi connectivity index (χ2n) is 7.61. The monoisotopic (exact) mass is 433 g/mol. The number of aryl methyl sites for hydroxylation is 1. The van der Waals surface area contributed by atoms with Crippen LogP contribution >= 0.6 is 0 Å². The molecule has 1 aromatic heterocycles. The lowest BCUT2D eigenvalue weighted by Crippen LogP contribution is -2.50. The van der Waals surface area contributed by atoms with Crippen LogP contribution in [0, 0.1) is 6.92 Å². The number of anilines is 2. The fourth-order valence-corrected chi connectivity index (χ4v) is 3.63. The molecular weight excluding hydrogens is 406 g/mol. The third-order valence-electron chi connectivity index (χ3n) is 5.38. The minimum absolute atomic E-state index is 0.158. The van der Waals surface area contributed by atoms with Crippen molar-refractivity contribution in [3.8, 4) is 11.4 Å². The molecule has 0 radical (unpaired) electrons. The molecule has 2 amide bonds. The number of urea groups is 1. The number of hydrogen-bond acceptors (Lipinski definition) is 5. The summed E-state index contributed by atoms with van der Waals surface area (Å²) in [7, 11) is 0. The van der Waals surface area contributed by atoms with Gasteiger partial charge in [0.1, 0.15) is 11.6 Å². The number of aromatic nitrogens is 2. The zero-order valence-corrected chi connectivity index (χ0v) is 18.3. The molecule has 1 aliphatic rings. The summed E-state index contributed by atoms with van der Waals surface area (Å²) in [6, 6.07) is 18.2. The summed E-state index contributed by atoms with van der Waals surface area (Å²) in [6.45, 7) is 6.79. The highest BCUT2D eigenvalue weighted by molar-refractivity contribution is 5.91. The third kappa shape index (κ3) is 4.74. The van der Waals surface area contributed by atoms with Crippen molar-refractivity contribution in [3.63, 3.8) is 0 Å². The number of amides is 2. The Labute approximate surface area is 187 Å². The molecule has 0 aliphatic carbocycles. The van der Waals surface area contributed by atoms with Gasteiger partial charge in [0.2, 0.25) is 0 Å². The van der Waals surface area contributed by atoms with E-state index < -0.39 is 0 Å². The number of hydrogen-bond donors (Lipinski definition) is 1. The van der Waals surface area contributed by atoms with Gasteiger partial charge in [-0.25, -0.2) is 4.79 Å². The number of carbonyl (C=O) groups excluding carboxylic acids is 1. The molecule has 0 spiro atoms. The van der Waals surface area contributed by atoms with Crippen LogP contribution in [0.5, 0.6) is 5.75 Å². The Kier molecular flexibility index (Phi) is 6.39. The van der Waals surface area contributed by atoms with Crippen LogP contribution in [0.25, 0.3) is 5.69 Å². The molecule has 8 heteroatoms. The smallest absolute Gasteiger partial charge is 0.322 e. The number of benzene rings is 2. The van der Waals surface area contributed by atoms with Crippen molar-refractivity contribution in [1.29, 1.82) is 0 Å². The van der Waals surface area contributed by atoms with Gasteiger partial charge in [0.15, 0.2) is 0 Å². The van der Waals surface area contributed by atoms with Crippen LogP contribution in [-0.4, -0.2) is 53.5 Å². The van der Waals surface area contributed by atoms with Gasteiger partial charge < -0.3 is 19.9 Å². The summed E-state index contributed by atoms with van der Waals surface area (Å²) >= 11 is 0. The third-order valence-corrected chi connectivity index (χ3v) is 5.38. The zero-order valence-electron chi connectivity index (χ0n) is 18.3. The van der Waals surface area contributed by atoms with Crippen LogP contribution in [0.3, 0.4) is 0 Å². The van der Waals surface area contributed by atoms with Crippen molar-refractivity contribution >= 4 is 17.5 Å². The van der Waals surface area contributed by atoms with Gasteiger partial charge in [-0.3, -0.25) is 4.79 Å². The number of ether oxygens (including phenoxy) is 1. The van der Waals surface area contributed by atoms with Crippen LogP contribution < -0.4 is 20.5 Å². The maximum atomic E-state index is 12.8. The van der Waals surface area contributed by atoms with Crippen LogP contribution in [0.1, 0.15) is 12.5 Å². The highest BCUT2D eigenvalue weighted by Gasteiger charge is 2.23. The van der Waals surface area contributed by atoms with E-state index in [0.717, 1.165) is 11.3 Å². The van der Waals surface area contributed by atoms with Gasteiger partial charge in [-0.2, -0.15) is 4.68 Å². The van der Waals surface area contributed by atoms with Gasteiger partial charge in [-0.15, -0.1) is 5.10 Å². The van der Waals surface area contributed by atoms with Crippen molar-refractivity contribution in [1.82, 2.24) is 14.7 Å². The summed E-state index contributed by atoms with van der Waals surface area (Å²) < 4.78 is 7.00. The number of carbonyl (C=O) groups is 1. The van der Waals surface area contributed by atoms with E-state index in [-0.39, 0.29) is 11.6 Å². The summed E-state index contributed by atoms with van der Waals surface area (Å²) in [5.41, 5.74) is 2.34. The first kappa shape index (κ1) is 21.4. The van der Waals surface area contributed by atoms with Crippen molar-refractivity contribution in [2.75, 3.05) is 43.0 Å². The SMILES string of the molecule is CCOc1ccccc1NC(=O)N1CCN(c2ccc(=O)n(-c3ccc(C)cc3)n2)CC1. The van der Waals surface area contributed by atoms with Crippen molar-refractivity contribution in [2.24, 2.45) is 0 Å². The molecule has 32 heavy (non-hydrogen) atoms. The number of rotatable bonds is 5. The average molecular weight is 434 g/mol. The maximum Gasteiger partial charge on any atom is 0.322 e. The minimum atomic E-state index is -0.177. The van der Waals surface area contributed by atoms with E-state index in [0.29, 0.717) is 50.0 Å². The van der Waals surface area contributed by atoms with Crippen molar-refractivity contribution in [2.45, 2.75) is 13.8 Å². The molecule has 0 atom stereocenters. The summed E-state index contributed by atoms with van der Waals surface area (Å²) in [6.07, 6.45) is 0. The lowest BCUT2D eigenvalue weighted by atomic mass is 10.2. The molecule has 4 rings (SSSR count). The molecule has 3 aromatic rings. The predicted octanol–water partition coefficient (Wildman–Crippen LogP) is 3.29. The topological polar surface area (TPSA) is 79.7 Å². The largest absolute Gasteiger partial charge is 0.492 e. The van der Waals surface area contributed by atoms with E-state index in [1.807, 2.05) is 62.4 Å². The van der Waals surface area contributed by atoms with E-state index in [1.54, 1.807) is 11.0 Å². The van der Waals surface area contributed by atoms with E-state index in [2.05, 4.69) is 15.3 Å². The Balaban J connectivity index is 1.42. The highest BCUT2D eigenvalue weighted by atomic mass is 16.5. The molecule has 166 valence electrons. The first-order valence-electron chi connectivity index (χ1n) is 10.8.